The van der Waals surface area contributed by atoms with Crippen LogP contribution < -0.4 is 16.4 Å². The van der Waals surface area contributed by atoms with Crippen molar-refractivity contribution in [1.29, 1.82) is 0 Å². The number of anilines is 2. The highest BCUT2D eigenvalue weighted by Crippen LogP contribution is 2.34. The van der Waals surface area contributed by atoms with Crippen molar-refractivity contribution in [2.75, 3.05) is 10.6 Å². The van der Waals surface area contributed by atoms with Crippen molar-refractivity contribution in [2.45, 2.75) is 82.5 Å². The number of nitrogens with one attached hydrogen (secondary N) is 2. The van der Waals surface area contributed by atoms with Gasteiger partial charge in [-0.05, 0) is 51.0 Å². The summed E-state index contributed by atoms with van der Waals surface area (Å²) in [5, 5.41) is 7.20. The second-order valence-corrected chi connectivity index (χ2v) is 9.19. The van der Waals surface area contributed by atoms with Gasteiger partial charge in [-0.3, -0.25) is 0 Å². The summed E-state index contributed by atoms with van der Waals surface area (Å²) < 4.78 is 2.27. The predicted octanol–water partition coefficient (Wildman–Crippen LogP) is 5.64. The maximum atomic E-state index is 6.09. The third-order valence-corrected chi connectivity index (χ3v) is 6.90. The second-order valence-electron chi connectivity index (χ2n) is 9.19. The first-order valence-electron chi connectivity index (χ1n) is 11.8. The normalized spacial score (nSPS) is 21.8. The Hall–Kier alpha value is -2.09. The van der Waals surface area contributed by atoms with Gasteiger partial charge in [-0.1, -0.05) is 43.2 Å². The van der Waals surface area contributed by atoms with Gasteiger partial charge in [0.25, 0.3) is 0 Å². The summed E-state index contributed by atoms with van der Waals surface area (Å²) in [6.45, 7) is 2.16. The van der Waals surface area contributed by atoms with Gasteiger partial charge in [-0.2, -0.15) is 9.97 Å². The number of halogens is 2. The van der Waals surface area contributed by atoms with E-state index in [1.54, 1.807) is 0 Å². The third kappa shape index (κ3) is 5.70. The molecule has 0 radical (unpaired) electrons. The molecular weight excluding hydrogens is 457 g/mol. The van der Waals surface area contributed by atoms with Crippen LogP contribution in [0.1, 0.15) is 75.9 Å². The molecule has 4 N–H and O–H groups in total. The Bertz CT molecular complexity index is 1010. The fourth-order valence-electron chi connectivity index (χ4n) is 5.01. The molecule has 2 fully saturated rings. The number of nitrogens with two attached hydrogens (primary N) is 1. The third-order valence-electron chi connectivity index (χ3n) is 6.90. The summed E-state index contributed by atoms with van der Waals surface area (Å²) in [6, 6.07) is 11.8. The average molecular weight is 492 g/mol. The molecule has 0 saturated heterocycles. The molecule has 0 unspecified atom stereocenters. The first kappa shape index (κ1) is 25.5. The van der Waals surface area contributed by atoms with Gasteiger partial charge in [-0.15, -0.1) is 24.8 Å². The Morgan fingerprint density at radius 2 is 1.67 bits per heavy atom. The Morgan fingerprint density at radius 3 is 2.36 bits per heavy atom. The Labute approximate surface area is 208 Å². The zero-order valence-corrected chi connectivity index (χ0v) is 20.7. The highest BCUT2D eigenvalue weighted by atomic mass is 35.5. The van der Waals surface area contributed by atoms with Crippen molar-refractivity contribution in [3.05, 3.63) is 42.2 Å². The minimum Gasteiger partial charge on any atom is -0.362 e. The molecule has 2 aliphatic rings. The van der Waals surface area contributed by atoms with Crippen molar-refractivity contribution in [2.24, 2.45) is 5.73 Å². The van der Waals surface area contributed by atoms with E-state index in [9.17, 15) is 0 Å². The molecule has 1 atom stereocenters. The van der Waals surface area contributed by atoms with Crippen molar-refractivity contribution in [1.82, 2.24) is 19.5 Å². The number of nitrogens with zero attached hydrogens (tertiary/aromatic N) is 4. The molecule has 0 spiro atoms. The largest absolute Gasteiger partial charge is 0.362 e. The Morgan fingerprint density at radius 1 is 0.970 bits per heavy atom. The van der Waals surface area contributed by atoms with Gasteiger partial charge in [0.15, 0.2) is 17.0 Å². The summed E-state index contributed by atoms with van der Waals surface area (Å²) in [4.78, 5) is 14.6. The van der Waals surface area contributed by atoms with Crippen LogP contribution in [-0.4, -0.2) is 31.6 Å². The van der Waals surface area contributed by atoms with Gasteiger partial charge >= 0.3 is 0 Å². The van der Waals surface area contributed by atoms with Crippen molar-refractivity contribution < 1.29 is 0 Å². The van der Waals surface area contributed by atoms with Crippen LogP contribution in [0.3, 0.4) is 0 Å². The van der Waals surface area contributed by atoms with Crippen molar-refractivity contribution >= 4 is 47.7 Å². The molecule has 2 aliphatic carbocycles. The quantitative estimate of drug-likeness (QED) is 0.412. The molecule has 7 nitrogen and oxygen atoms in total. The minimum absolute atomic E-state index is 0. The van der Waals surface area contributed by atoms with E-state index in [-0.39, 0.29) is 30.9 Å². The molecule has 180 valence electrons. The SMILES string of the molecule is C[C@H](Nc1nc(N[C@H]2CC[C@H](N)CC2)nc2c1ncn2C1CCCC1)c1ccccc1.Cl.Cl. The zero-order chi connectivity index (χ0) is 21.2. The smallest absolute Gasteiger partial charge is 0.227 e. The van der Waals surface area contributed by atoms with E-state index in [1.807, 2.05) is 12.4 Å². The highest BCUT2D eigenvalue weighted by Gasteiger charge is 2.24. The Balaban J connectivity index is 0.00000153. The standard InChI is InChI=1S/C24H33N7.2ClH/c1-16(17-7-3-2-4-8-17)27-22-21-23(31(15-26-21)20-9-5-6-10-20)30-24(29-22)28-19-13-11-18(25)12-14-19;;/h2-4,7-8,15-16,18-20H,5-6,9-14,25H2,1H3,(H2,27,28,29,30);2*1H/t16-,18-,19-;;/m0../s1. The first-order valence-corrected chi connectivity index (χ1v) is 11.8. The molecule has 0 aliphatic heterocycles. The summed E-state index contributed by atoms with van der Waals surface area (Å²) in [6.07, 6.45) is 11.1. The number of rotatable bonds is 6. The Kier molecular flexibility index (Phi) is 8.79. The maximum absolute atomic E-state index is 6.09. The molecule has 1 aromatic carbocycles. The number of imidazole rings is 1. The van der Waals surface area contributed by atoms with E-state index in [2.05, 4.69) is 46.4 Å². The van der Waals surface area contributed by atoms with Crippen LogP contribution in [0.4, 0.5) is 11.8 Å². The van der Waals surface area contributed by atoms with E-state index in [0.717, 1.165) is 42.7 Å². The van der Waals surface area contributed by atoms with Crippen LogP contribution >= 0.6 is 24.8 Å². The monoisotopic (exact) mass is 491 g/mol. The van der Waals surface area contributed by atoms with Gasteiger partial charge in [-0.25, -0.2) is 4.98 Å². The van der Waals surface area contributed by atoms with Crippen molar-refractivity contribution in [3.63, 3.8) is 0 Å². The molecule has 2 saturated carbocycles. The average Bonchev–Trinajstić information content (AvgIpc) is 3.46. The molecular formula is C24H35Cl2N7. The van der Waals surface area contributed by atoms with Crippen LogP contribution in [0.2, 0.25) is 0 Å². The topological polar surface area (TPSA) is 93.7 Å². The fraction of sp³-hybridized carbons (Fsp3) is 0.542. The number of aromatic nitrogens is 4. The first-order chi connectivity index (χ1) is 15.2. The summed E-state index contributed by atoms with van der Waals surface area (Å²) in [7, 11) is 0. The van der Waals surface area contributed by atoms with Gasteiger partial charge in [0.1, 0.15) is 0 Å². The number of fused-ring (bicyclic) bond motifs is 1. The lowest BCUT2D eigenvalue weighted by Gasteiger charge is -2.27. The summed E-state index contributed by atoms with van der Waals surface area (Å²) in [5.74, 6) is 1.49. The molecule has 33 heavy (non-hydrogen) atoms. The minimum atomic E-state index is 0. The lowest BCUT2D eigenvalue weighted by atomic mass is 9.92. The van der Waals surface area contributed by atoms with Gasteiger partial charge < -0.3 is 20.9 Å². The fourth-order valence-corrected chi connectivity index (χ4v) is 5.01. The summed E-state index contributed by atoms with van der Waals surface area (Å²) in [5.41, 5.74) is 9.10. The van der Waals surface area contributed by atoms with Crippen LogP contribution in [-0.2, 0) is 0 Å². The van der Waals surface area contributed by atoms with Crippen LogP contribution in [0, 0.1) is 0 Å². The zero-order valence-electron chi connectivity index (χ0n) is 19.1. The van der Waals surface area contributed by atoms with E-state index >= 15 is 0 Å². The van der Waals surface area contributed by atoms with Gasteiger partial charge in [0.05, 0.1) is 12.4 Å². The number of hydrogen-bond donors (Lipinski definition) is 3. The van der Waals surface area contributed by atoms with E-state index < -0.39 is 0 Å². The van der Waals surface area contributed by atoms with Crippen LogP contribution in [0.25, 0.3) is 11.2 Å². The van der Waals surface area contributed by atoms with Gasteiger partial charge in [0.2, 0.25) is 5.95 Å². The second kappa shape index (κ2) is 11.4. The van der Waals surface area contributed by atoms with Crippen LogP contribution in [0.15, 0.2) is 36.7 Å². The summed E-state index contributed by atoms with van der Waals surface area (Å²) >= 11 is 0. The lowest BCUT2D eigenvalue weighted by molar-refractivity contribution is 0.410. The van der Waals surface area contributed by atoms with Crippen LogP contribution in [0.5, 0.6) is 0 Å². The molecule has 9 heteroatoms. The number of benzene rings is 1. The van der Waals surface area contributed by atoms with E-state index in [1.165, 1.54) is 31.2 Å². The van der Waals surface area contributed by atoms with E-state index in [0.29, 0.717) is 24.1 Å². The number of hydrogen-bond acceptors (Lipinski definition) is 6. The highest BCUT2D eigenvalue weighted by molar-refractivity contribution is 5.86. The molecule has 2 heterocycles. The molecule has 0 amide bonds. The van der Waals surface area contributed by atoms with Crippen molar-refractivity contribution in [3.8, 4) is 0 Å². The van der Waals surface area contributed by atoms with E-state index in [4.69, 9.17) is 20.7 Å². The predicted molar refractivity (Wildman–Crippen MR) is 140 cm³/mol. The molecule has 2 aromatic heterocycles. The molecule has 5 rings (SSSR count). The maximum Gasteiger partial charge on any atom is 0.227 e. The molecule has 0 bridgehead atoms. The lowest BCUT2D eigenvalue weighted by Crippen LogP contribution is -2.33. The molecule has 3 aromatic rings. The van der Waals surface area contributed by atoms with Gasteiger partial charge in [0, 0.05) is 18.1 Å².